The van der Waals surface area contributed by atoms with Crippen molar-refractivity contribution in [1.82, 2.24) is 5.32 Å². The van der Waals surface area contributed by atoms with Gasteiger partial charge in [0.05, 0.1) is 13.5 Å². The summed E-state index contributed by atoms with van der Waals surface area (Å²) in [5, 5.41) is 23.9. The first-order valence-electron chi connectivity index (χ1n) is 16.1. The summed E-state index contributed by atoms with van der Waals surface area (Å²) in [4.78, 5) is 62.3. The fraction of sp³-hybridized carbons (Fsp3) is 0.629. The molecule has 0 bridgehead atoms. The number of aliphatic carboxylic acids is 1. The molecule has 3 N–H and O–H groups in total. The molecular formula is C35H45NO9. The highest BCUT2D eigenvalue weighted by Gasteiger charge is 2.66. The predicted molar refractivity (Wildman–Crippen MR) is 163 cm³/mol. The van der Waals surface area contributed by atoms with E-state index in [9.17, 15) is 34.2 Å². The van der Waals surface area contributed by atoms with Crippen LogP contribution in [0, 0.1) is 28.6 Å². The van der Waals surface area contributed by atoms with Gasteiger partial charge in [-0.25, -0.2) is 4.79 Å². The number of amides is 1. The molecule has 0 unspecified atom stereocenters. The van der Waals surface area contributed by atoms with Gasteiger partial charge in [-0.3, -0.25) is 19.2 Å². The number of carboxylic acids is 1. The molecule has 0 aliphatic heterocycles. The maximum atomic E-state index is 13.5. The van der Waals surface area contributed by atoms with Crippen LogP contribution in [0.2, 0.25) is 0 Å². The molecule has 0 spiro atoms. The van der Waals surface area contributed by atoms with Crippen molar-refractivity contribution in [3.05, 3.63) is 41.5 Å². The fourth-order valence-corrected chi connectivity index (χ4v) is 9.05. The molecule has 4 aliphatic rings. The lowest BCUT2D eigenvalue weighted by Gasteiger charge is -2.58. The smallest absolute Gasteiger partial charge is 0.326 e. The highest BCUT2D eigenvalue weighted by atomic mass is 16.5. The highest BCUT2D eigenvalue weighted by Crippen LogP contribution is 2.67. The lowest BCUT2D eigenvalue weighted by atomic mass is 9.46. The molecule has 7 atom stereocenters. The van der Waals surface area contributed by atoms with E-state index in [2.05, 4.69) is 12.2 Å². The van der Waals surface area contributed by atoms with Crippen molar-refractivity contribution < 1.29 is 43.7 Å². The van der Waals surface area contributed by atoms with Gasteiger partial charge in [-0.05, 0) is 91.9 Å². The Hall–Kier alpha value is -3.53. The van der Waals surface area contributed by atoms with E-state index in [1.807, 2.05) is 13.0 Å². The molecule has 0 saturated heterocycles. The van der Waals surface area contributed by atoms with E-state index in [1.165, 1.54) is 12.7 Å². The predicted octanol–water partition coefficient (Wildman–Crippen LogP) is 3.96. The first kappa shape index (κ1) is 32.9. The van der Waals surface area contributed by atoms with E-state index in [-0.39, 0.29) is 36.4 Å². The molecule has 0 heterocycles. The lowest BCUT2D eigenvalue weighted by Crippen LogP contribution is -2.58. The fourth-order valence-electron chi connectivity index (χ4n) is 9.05. The molecule has 4 aliphatic carbocycles. The van der Waals surface area contributed by atoms with Gasteiger partial charge in [-0.1, -0.05) is 31.6 Å². The number of hydrogen-bond acceptors (Lipinski definition) is 8. The number of fused-ring (bicyclic) bond motifs is 5. The Labute approximate surface area is 263 Å². The Morgan fingerprint density at radius 3 is 2.38 bits per heavy atom. The molecule has 0 radical (unpaired) electrons. The molecule has 45 heavy (non-hydrogen) atoms. The maximum absolute atomic E-state index is 13.5. The van der Waals surface area contributed by atoms with E-state index >= 15 is 0 Å². The normalized spacial score (nSPS) is 32.7. The van der Waals surface area contributed by atoms with Crippen molar-refractivity contribution in [2.24, 2.45) is 28.6 Å². The summed E-state index contributed by atoms with van der Waals surface area (Å²) in [5.74, 6) is -1.31. The number of carbonyl (C=O) groups excluding carboxylic acids is 4. The number of carboxylic acid groups (broad SMARTS) is 1. The minimum absolute atomic E-state index is 0.00907. The second kappa shape index (κ2) is 12.7. The third-order valence-corrected chi connectivity index (χ3v) is 11.7. The van der Waals surface area contributed by atoms with Crippen LogP contribution in [-0.2, 0) is 35.1 Å². The number of aliphatic hydroxyl groups is 1. The number of nitrogens with one attached hydrogen (secondary N) is 1. The maximum Gasteiger partial charge on any atom is 0.326 e. The summed E-state index contributed by atoms with van der Waals surface area (Å²) in [6, 6.07) is 5.64. The molecule has 3 fully saturated rings. The number of ketones is 2. The van der Waals surface area contributed by atoms with Gasteiger partial charge in [0, 0.05) is 24.7 Å². The summed E-state index contributed by atoms with van der Waals surface area (Å²) < 4.78 is 10.3. The van der Waals surface area contributed by atoms with E-state index in [4.69, 9.17) is 9.47 Å². The molecule has 1 aromatic rings. The molecule has 10 heteroatoms. The van der Waals surface area contributed by atoms with E-state index in [0.717, 1.165) is 32.1 Å². The number of Topliss-reactive ketones (excluding diaryl/α,β-unsaturated/α-hetero) is 1. The standard InChI is InChI=1S/C35H45NO9/c1-33-15-12-23(37)19-22(33)6-9-25-26(33)13-16-34(2)27(25)14-17-35(34,43)29(38)20-45-31(40)11-10-30(39)36-28(32(41)42)18-21-4-7-24(44-3)8-5-21/h4-5,7-8,19,25-28,43H,6,9-18,20H2,1-3H3,(H,36,39)(H,41,42)/t25-,26+,27+,28-,33-,34-,35-/m0/s1. The Morgan fingerprint density at radius 1 is 0.978 bits per heavy atom. The summed E-state index contributed by atoms with van der Waals surface area (Å²) in [7, 11) is 1.53. The number of rotatable bonds is 11. The Bertz CT molecular complexity index is 1390. The van der Waals surface area contributed by atoms with Crippen LogP contribution in [0.1, 0.15) is 83.6 Å². The number of methoxy groups -OCH3 is 1. The molecular weight excluding hydrogens is 578 g/mol. The monoisotopic (exact) mass is 623 g/mol. The van der Waals surface area contributed by atoms with Crippen LogP contribution >= 0.6 is 0 Å². The number of carbonyl (C=O) groups is 5. The van der Waals surface area contributed by atoms with Crippen LogP contribution in [0.25, 0.3) is 0 Å². The van der Waals surface area contributed by atoms with Gasteiger partial charge in [-0.15, -0.1) is 0 Å². The zero-order valence-corrected chi connectivity index (χ0v) is 26.4. The number of esters is 1. The van der Waals surface area contributed by atoms with Gasteiger partial charge in [-0.2, -0.15) is 0 Å². The zero-order valence-electron chi connectivity index (χ0n) is 26.4. The summed E-state index contributed by atoms with van der Waals surface area (Å²) >= 11 is 0. The average molecular weight is 624 g/mol. The number of benzene rings is 1. The SMILES string of the molecule is COc1ccc(C[C@H](NC(=O)CCC(=O)OCC(=O)[C@@]2(O)CC[C@@H]3[C@H]4CCC5=CC(=O)CC[C@]5(C)[C@@H]4CC[C@@]32C)C(=O)O)cc1. The minimum Gasteiger partial charge on any atom is -0.497 e. The highest BCUT2D eigenvalue weighted by molar-refractivity contribution is 5.92. The minimum atomic E-state index is -1.60. The molecule has 10 nitrogen and oxygen atoms in total. The van der Waals surface area contributed by atoms with Gasteiger partial charge >= 0.3 is 11.9 Å². The van der Waals surface area contributed by atoms with Crippen molar-refractivity contribution in [2.45, 2.75) is 96.1 Å². The third kappa shape index (κ3) is 6.18. The number of hydrogen-bond donors (Lipinski definition) is 3. The largest absolute Gasteiger partial charge is 0.497 e. The van der Waals surface area contributed by atoms with Crippen LogP contribution in [0.5, 0.6) is 5.75 Å². The van der Waals surface area contributed by atoms with Crippen molar-refractivity contribution in [1.29, 1.82) is 0 Å². The van der Waals surface area contributed by atoms with E-state index in [1.54, 1.807) is 24.3 Å². The van der Waals surface area contributed by atoms with Crippen molar-refractivity contribution in [2.75, 3.05) is 13.7 Å². The van der Waals surface area contributed by atoms with Gasteiger partial charge in [0.25, 0.3) is 0 Å². The Morgan fingerprint density at radius 2 is 1.69 bits per heavy atom. The topological polar surface area (TPSA) is 156 Å². The van der Waals surface area contributed by atoms with Crippen LogP contribution in [0.4, 0.5) is 0 Å². The van der Waals surface area contributed by atoms with Crippen LogP contribution in [-0.4, -0.2) is 65.0 Å². The molecule has 0 aromatic heterocycles. The van der Waals surface area contributed by atoms with E-state index in [0.29, 0.717) is 42.4 Å². The molecule has 3 saturated carbocycles. The van der Waals surface area contributed by atoms with Crippen molar-refractivity contribution in [3.63, 3.8) is 0 Å². The van der Waals surface area contributed by atoms with Gasteiger partial charge in [0.2, 0.25) is 11.7 Å². The number of allylic oxidation sites excluding steroid dienone is 1. The second-order valence-electron chi connectivity index (χ2n) is 13.9. The van der Waals surface area contributed by atoms with Gasteiger partial charge in [0.15, 0.2) is 12.4 Å². The zero-order chi connectivity index (χ0) is 32.6. The van der Waals surface area contributed by atoms with Gasteiger partial charge in [0.1, 0.15) is 17.4 Å². The lowest BCUT2D eigenvalue weighted by molar-refractivity contribution is -0.170. The number of ether oxygens (including phenoxy) is 2. The molecule has 244 valence electrons. The van der Waals surface area contributed by atoms with Crippen molar-refractivity contribution in [3.8, 4) is 5.75 Å². The molecule has 1 amide bonds. The van der Waals surface area contributed by atoms with E-state index < -0.39 is 47.3 Å². The van der Waals surface area contributed by atoms with Crippen LogP contribution < -0.4 is 10.1 Å². The van der Waals surface area contributed by atoms with Crippen molar-refractivity contribution >= 4 is 29.4 Å². The first-order chi connectivity index (χ1) is 21.3. The second-order valence-corrected chi connectivity index (χ2v) is 13.9. The van der Waals surface area contributed by atoms with Gasteiger partial charge < -0.3 is 25.0 Å². The third-order valence-electron chi connectivity index (χ3n) is 11.7. The molecule has 5 rings (SSSR count). The van der Waals surface area contributed by atoms with Crippen LogP contribution in [0.3, 0.4) is 0 Å². The summed E-state index contributed by atoms with van der Waals surface area (Å²) in [6.45, 7) is 3.72. The first-order valence-corrected chi connectivity index (χ1v) is 16.1. The molecule has 1 aromatic carbocycles. The summed E-state index contributed by atoms with van der Waals surface area (Å²) in [5.41, 5.74) is -0.277. The quantitative estimate of drug-likeness (QED) is 0.311. The summed E-state index contributed by atoms with van der Waals surface area (Å²) in [6.07, 6.45) is 7.17. The Balaban J connectivity index is 1.12. The average Bonchev–Trinajstić information content (AvgIpc) is 3.30. The Kier molecular flexibility index (Phi) is 9.27. The van der Waals surface area contributed by atoms with Crippen LogP contribution in [0.15, 0.2) is 35.9 Å².